The van der Waals surface area contributed by atoms with Gasteiger partial charge in [-0.1, -0.05) is 0 Å². The first kappa shape index (κ1) is 11.1. The lowest BCUT2D eigenvalue weighted by Gasteiger charge is -2.12. The Morgan fingerprint density at radius 3 is 2.47 bits per heavy atom. The van der Waals surface area contributed by atoms with Gasteiger partial charge in [-0.05, 0) is 12.5 Å². The van der Waals surface area contributed by atoms with Gasteiger partial charge in [0.2, 0.25) is 0 Å². The zero-order valence-corrected chi connectivity index (χ0v) is 8.83. The summed E-state index contributed by atoms with van der Waals surface area (Å²) >= 11 is 0. The number of benzene rings is 1. The maximum absolute atomic E-state index is 10.9. The molecule has 0 atom stereocenters. The van der Waals surface area contributed by atoms with Crippen molar-refractivity contribution in [2.45, 2.75) is 6.92 Å². The van der Waals surface area contributed by atoms with Crippen LogP contribution in [0.1, 0.15) is 21.5 Å². The van der Waals surface area contributed by atoms with Crippen molar-refractivity contribution in [2.24, 2.45) is 0 Å². The molecule has 0 heterocycles. The molecule has 0 amide bonds. The van der Waals surface area contributed by atoms with Crippen LogP contribution < -0.4 is 9.47 Å². The van der Waals surface area contributed by atoms with E-state index in [0.29, 0.717) is 34.5 Å². The van der Waals surface area contributed by atoms with Crippen LogP contribution in [0.2, 0.25) is 0 Å². The quantitative estimate of drug-likeness (QED) is 0.704. The molecule has 1 aromatic carbocycles. The standard InChI is InChI=1S/C11H11NO3/c1-7-8(5-12)4-10(14-2)11(15-3)9(7)6-13/h4,6H,1-3H3. The van der Waals surface area contributed by atoms with E-state index in [0.717, 1.165) is 0 Å². The molecule has 0 saturated carbocycles. The molecule has 1 aromatic rings. The number of carbonyl (C=O) groups excluding carboxylic acids is 1. The number of aldehydes is 1. The monoisotopic (exact) mass is 205 g/mol. The van der Waals surface area contributed by atoms with E-state index in [1.807, 2.05) is 6.07 Å². The van der Waals surface area contributed by atoms with Crippen molar-refractivity contribution in [1.82, 2.24) is 0 Å². The largest absolute Gasteiger partial charge is 0.493 e. The Kier molecular flexibility index (Phi) is 3.29. The highest BCUT2D eigenvalue weighted by Crippen LogP contribution is 2.34. The van der Waals surface area contributed by atoms with Gasteiger partial charge in [0.1, 0.15) is 0 Å². The van der Waals surface area contributed by atoms with Gasteiger partial charge in [-0.2, -0.15) is 5.26 Å². The molecule has 0 aliphatic rings. The third-order valence-corrected chi connectivity index (χ3v) is 2.21. The second-order valence-corrected chi connectivity index (χ2v) is 2.93. The summed E-state index contributed by atoms with van der Waals surface area (Å²) in [6.07, 6.45) is 0.664. The lowest BCUT2D eigenvalue weighted by Crippen LogP contribution is -2.00. The fourth-order valence-electron chi connectivity index (χ4n) is 1.37. The molecule has 4 heteroatoms. The smallest absolute Gasteiger partial charge is 0.171 e. The molecule has 0 fully saturated rings. The number of hydrogen-bond acceptors (Lipinski definition) is 4. The fraction of sp³-hybridized carbons (Fsp3) is 0.273. The normalized spacial score (nSPS) is 9.20. The molecule has 78 valence electrons. The van der Waals surface area contributed by atoms with Crippen molar-refractivity contribution in [3.05, 3.63) is 22.8 Å². The molecular formula is C11H11NO3. The Balaban J connectivity index is 3.59. The maximum atomic E-state index is 10.9. The third-order valence-electron chi connectivity index (χ3n) is 2.21. The molecule has 0 spiro atoms. The predicted octanol–water partition coefficient (Wildman–Crippen LogP) is 1.70. The van der Waals surface area contributed by atoms with Gasteiger partial charge in [0.05, 0.1) is 31.4 Å². The number of rotatable bonds is 3. The van der Waals surface area contributed by atoms with E-state index in [4.69, 9.17) is 14.7 Å². The summed E-state index contributed by atoms with van der Waals surface area (Å²) in [5.74, 6) is 0.755. The molecule has 0 radical (unpaired) electrons. The summed E-state index contributed by atoms with van der Waals surface area (Å²) in [6.45, 7) is 1.70. The lowest BCUT2D eigenvalue weighted by molar-refractivity contribution is 0.111. The first-order chi connectivity index (χ1) is 7.19. The Morgan fingerprint density at radius 2 is 2.07 bits per heavy atom. The molecule has 0 bridgehead atoms. The highest BCUT2D eigenvalue weighted by Gasteiger charge is 2.16. The van der Waals surface area contributed by atoms with Crippen molar-refractivity contribution in [2.75, 3.05) is 14.2 Å². The van der Waals surface area contributed by atoms with Crippen LogP contribution in [0, 0.1) is 18.3 Å². The van der Waals surface area contributed by atoms with Gasteiger partial charge in [0, 0.05) is 6.07 Å². The molecule has 15 heavy (non-hydrogen) atoms. The Hall–Kier alpha value is -2.02. The molecule has 0 aliphatic heterocycles. The first-order valence-corrected chi connectivity index (χ1v) is 4.30. The first-order valence-electron chi connectivity index (χ1n) is 4.30. The summed E-state index contributed by atoms with van der Waals surface area (Å²) in [7, 11) is 2.92. The van der Waals surface area contributed by atoms with Crippen molar-refractivity contribution >= 4 is 6.29 Å². The Bertz CT molecular complexity index is 432. The van der Waals surface area contributed by atoms with E-state index in [1.165, 1.54) is 14.2 Å². The molecule has 0 saturated heterocycles. The van der Waals surface area contributed by atoms with Gasteiger partial charge < -0.3 is 9.47 Å². The zero-order valence-electron chi connectivity index (χ0n) is 8.83. The van der Waals surface area contributed by atoms with E-state index in [-0.39, 0.29) is 0 Å². The number of ether oxygens (including phenoxy) is 2. The van der Waals surface area contributed by atoms with Gasteiger partial charge in [-0.25, -0.2) is 0 Å². The van der Waals surface area contributed by atoms with Crippen LogP contribution >= 0.6 is 0 Å². The average Bonchev–Trinajstić information content (AvgIpc) is 2.28. The van der Waals surface area contributed by atoms with E-state index in [9.17, 15) is 4.79 Å². The van der Waals surface area contributed by atoms with Crippen molar-refractivity contribution in [3.63, 3.8) is 0 Å². The summed E-state index contributed by atoms with van der Waals surface area (Å²) in [5.41, 5.74) is 1.37. The highest BCUT2D eigenvalue weighted by atomic mass is 16.5. The second kappa shape index (κ2) is 4.47. The number of nitriles is 1. The van der Waals surface area contributed by atoms with Crippen LogP contribution in [0.25, 0.3) is 0 Å². The highest BCUT2D eigenvalue weighted by molar-refractivity contribution is 5.85. The summed E-state index contributed by atoms with van der Waals surface area (Å²) in [4.78, 5) is 10.9. The van der Waals surface area contributed by atoms with Crippen LogP contribution in [0.15, 0.2) is 6.07 Å². The minimum absolute atomic E-state index is 0.355. The van der Waals surface area contributed by atoms with Crippen LogP contribution in [-0.4, -0.2) is 20.5 Å². The number of methoxy groups -OCH3 is 2. The number of hydrogen-bond donors (Lipinski definition) is 0. The predicted molar refractivity (Wildman–Crippen MR) is 54.4 cm³/mol. The van der Waals surface area contributed by atoms with Crippen LogP contribution in [0.5, 0.6) is 11.5 Å². The third kappa shape index (κ3) is 1.77. The number of carbonyl (C=O) groups is 1. The van der Waals surface area contributed by atoms with E-state index in [1.54, 1.807) is 13.0 Å². The molecule has 0 aliphatic carbocycles. The Labute approximate surface area is 88.0 Å². The van der Waals surface area contributed by atoms with Crippen molar-refractivity contribution in [1.29, 1.82) is 5.26 Å². The van der Waals surface area contributed by atoms with Crippen molar-refractivity contribution < 1.29 is 14.3 Å². The van der Waals surface area contributed by atoms with Gasteiger partial charge in [0.25, 0.3) is 0 Å². The topological polar surface area (TPSA) is 59.3 Å². The van der Waals surface area contributed by atoms with Gasteiger partial charge in [0.15, 0.2) is 17.8 Å². The van der Waals surface area contributed by atoms with Crippen molar-refractivity contribution in [3.8, 4) is 17.6 Å². The summed E-state index contributed by atoms with van der Waals surface area (Å²) < 4.78 is 10.1. The van der Waals surface area contributed by atoms with Gasteiger partial charge in [-0.15, -0.1) is 0 Å². The molecule has 0 aromatic heterocycles. The molecule has 4 nitrogen and oxygen atoms in total. The minimum Gasteiger partial charge on any atom is -0.493 e. The van der Waals surface area contributed by atoms with E-state index in [2.05, 4.69) is 0 Å². The molecular weight excluding hydrogens is 194 g/mol. The second-order valence-electron chi connectivity index (χ2n) is 2.93. The van der Waals surface area contributed by atoms with E-state index >= 15 is 0 Å². The van der Waals surface area contributed by atoms with Crippen LogP contribution in [0.4, 0.5) is 0 Å². The summed E-state index contributed by atoms with van der Waals surface area (Å²) in [5, 5.41) is 8.86. The SMILES string of the molecule is COc1cc(C#N)c(C)c(C=O)c1OC. The van der Waals surface area contributed by atoms with Gasteiger partial charge in [-0.3, -0.25) is 4.79 Å². The van der Waals surface area contributed by atoms with Crippen LogP contribution in [0.3, 0.4) is 0 Å². The number of nitrogens with zero attached hydrogens (tertiary/aromatic N) is 1. The average molecular weight is 205 g/mol. The maximum Gasteiger partial charge on any atom is 0.171 e. The summed E-state index contributed by atoms with van der Waals surface area (Å²) in [6, 6.07) is 3.56. The molecule has 0 unspecified atom stereocenters. The molecule has 1 rings (SSSR count). The molecule has 0 N–H and O–H groups in total. The van der Waals surface area contributed by atoms with Gasteiger partial charge >= 0.3 is 0 Å². The zero-order chi connectivity index (χ0) is 11.4. The fourth-order valence-corrected chi connectivity index (χ4v) is 1.37. The minimum atomic E-state index is 0.355. The van der Waals surface area contributed by atoms with Crippen LogP contribution in [-0.2, 0) is 0 Å². The van der Waals surface area contributed by atoms with E-state index < -0.39 is 0 Å². The Morgan fingerprint density at radius 1 is 1.40 bits per heavy atom. The lowest BCUT2D eigenvalue weighted by atomic mass is 10.0.